The van der Waals surface area contributed by atoms with E-state index in [1.54, 1.807) is 18.4 Å². The predicted octanol–water partition coefficient (Wildman–Crippen LogP) is 4.68. The number of fused-ring (bicyclic) bond motifs is 1. The highest BCUT2D eigenvalue weighted by Crippen LogP contribution is 2.32. The summed E-state index contributed by atoms with van der Waals surface area (Å²) in [5.74, 6) is 0.841. The van der Waals surface area contributed by atoms with Gasteiger partial charge in [-0.3, -0.25) is 9.36 Å². The average molecular weight is 535 g/mol. The third-order valence-electron chi connectivity index (χ3n) is 6.38. The lowest BCUT2D eigenvalue weighted by Crippen LogP contribution is -2.39. The van der Waals surface area contributed by atoms with E-state index >= 15 is 0 Å². The van der Waals surface area contributed by atoms with Crippen LogP contribution in [-0.2, 0) is 9.53 Å². The van der Waals surface area contributed by atoms with E-state index in [1.165, 1.54) is 11.3 Å². The summed E-state index contributed by atoms with van der Waals surface area (Å²) >= 11 is 1.30. The molecule has 0 aliphatic carbocycles. The van der Waals surface area contributed by atoms with Gasteiger partial charge in [-0.2, -0.15) is 0 Å². The maximum Gasteiger partial charge on any atom is 0.338 e. The van der Waals surface area contributed by atoms with Crippen LogP contribution in [0.5, 0.6) is 11.5 Å². The minimum Gasteiger partial charge on any atom is -0.490 e. The van der Waals surface area contributed by atoms with Crippen LogP contribution in [0.15, 0.2) is 63.5 Å². The van der Waals surface area contributed by atoms with Crippen molar-refractivity contribution in [3.8, 4) is 11.5 Å². The molecule has 8 heteroatoms. The summed E-state index contributed by atoms with van der Waals surface area (Å²) < 4.78 is 19.3. The van der Waals surface area contributed by atoms with Crippen molar-refractivity contribution in [2.24, 2.45) is 4.99 Å². The first-order valence-electron chi connectivity index (χ1n) is 13.0. The Balaban J connectivity index is 1.85. The molecule has 0 fully saturated rings. The van der Waals surface area contributed by atoms with Gasteiger partial charge in [0.25, 0.3) is 5.56 Å². The number of carbonyl (C=O) groups is 1. The van der Waals surface area contributed by atoms with E-state index in [4.69, 9.17) is 14.2 Å². The smallest absolute Gasteiger partial charge is 0.338 e. The Morgan fingerprint density at radius 3 is 2.47 bits per heavy atom. The van der Waals surface area contributed by atoms with Crippen molar-refractivity contribution in [2.45, 2.75) is 60.1 Å². The molecule has 1 aliphatic rings. The van der Waals surface area contributed by atoms with Crippen molar-refractivity contribution >= 4 is 23.4 Å². The van der Waals surface area contributed by atoms with Gasteiger partial charge in [0.15, 0.2) is 16.3 Å². The fraction of sp³-hybridized carbons (Fsp3) is 0.367. The zero-order chi connectivity index (χ0) is 27.4. The number of benzene rings is 2. The lowest BCUT2D eigenvalue weighted by Gasteiger charge is -2.24. The summed E-state index contributed by atoms with van der Waals surface area (Å²) in [5.41, 5.74) is 3.43. The second-order valence-corrected chi connectivity index (χ2v) is 10.2. The Kier molecular flexibility index (Phi) is 8.52. The number of allylic oxidation sites excluding steroid dienone is 1. The molecule has 0 amide bonds. The first kappa shape index (κ1) is 27.4. The van der Waals surface area contributed by atoms with Crippen LogP contribution in [-0.4, -0.2) is 29.9 Å². The number of thiazole rings is 1. The van der Waals surface area contributed by atoms with Crippen LogP contribution in [0.1, 0.15) is 63.8 Å². The van der Waals surface area contributed by atoms with Gasteiger partial charge in [-0.05, 0) is 70.4 Å². The number of nitrogens with zero attached hydrogens (tertiary/aromatic N) is 2. The van der Waals surface area contributed by atoms with Gasteiger partial charge in [-0.25, -0.2) is 9.79 Å². The molecule has 200 valence electrons. The molecule has 1 aromatic heterocycles. The molecule has 2 heterocycles. The highest BCUT2D eigenvalue weighted by molar-refractivity contribution is 7.07. The van der Waals surface area contributed by atoms with Crippen molar-refractivity contribution in [1.29, 1.82) is 0 Å². The van der Waals surface area contributed by atoms with Crippen molar-refractivity contribution in [3.63, 3.8) is 0 Å². The third kappa shape index (κ3) is 5.60. The van der Waals surface area contributed by atoms with Gasteiger partial charge in [-0.1, -0.05) is 54.2 Å². The number of rotatable bonds is 9. The fourth-order valence-corrected chi connectivity index (χ4v) is 5.33. The highest BCUT2D eigenvalue weighted by atomic mass is 32.1. The topological polar surface area (TPSA) is 79.1 Å². The molecule has 1 aliphatic heterocycles. The van der Waals surface area contributed by atoms with Crippen LogP contribution in [0.2, 0.25) is 0 Å². The quantitative estimate of drug-likeness (QED) is 0.373. The van der Waals surface area contributed by atoms with E-state index in [2.05, 4.69) is 11.9 Å². The molecular weight excluding hydrogens is 500 g/mol. The van der Waals surface area contributed by atoms with E-state index in [1.807, 2.05) is 69.3 Å². The second-order valence-electron chi connectivity index (χ2n) is 9.19. The number of aryl methyl sites for hydroxylation is 1. The van der Waals surface area contributed by atoms with Gasteiger partial charge < -0.3 is 14.2 Å². The van der Waals surface area contributed by atoms with Crippen LogP contribution < -0.4 is 24.4 Å². The average Bonchev–Trinajstić information content (AvgIpc) is 3.19. The Labute approximate surface area is 226 Å². The number of esters is 1. The Morgan fingerprint density at radius 1 is 1.08 bits per heavy atom. The number of hydrogen-bond donors (Lipinski definition) is 0. The maximum atomic E-state index is 13.8. The summed E-state index contributed by atoms with van der Waals surface area (Å²) in [6, 6.07) is 12.9. The number of ether oxygens (including phenoxy) is 3. The minimum atomic E-state index is -0.627. The molecular formula is C30H34N2O5S. The van der Waals surface area contributed by atoms with E-state index in [9.17, 15) is 9.59 Å². The van der Waals surface area contributed by atoms with E-state index in [0.717, 1.165) is 23.1 Å². The Hall–Kier alpha value is -3.65. The predicted molar refractivity (Wildman–Crippen MR) is 150 cm³/mol. The molecule has 7 nitrogen and oxygen atoms in total. The SMILES string of the molecule is CCOC(=O)C1=C(C)N=c2s/c(=C/c3ccc(O[C@H](C)CC)c(OCC)c3)c(=O)n2[C@@H]1c1ccc(C)cc1. The van der Waals surface area contributed by atoms with Crippen LogP contribution >= 0.6 is 11.3 Å². The largest absolute Gasteiger partial charge is 0.490 e. The molecule has 0 saturated carbocycles. The molecule has 0 bridgehead atoms. The van der Waals surface area contributed by atoms with Crippen LogP contribution in [0.3, 0.4) is 0 Å². The zero-order valence-electron chi connectivity index (χ0n) is 22.7. The van der Waals surface area contributed by atoms with Gasteiger partial charge in [-0.15, -0.1) is 0 Å². The molecule has 0 N–H and O–H groups in total. The fourth-order valence-electron chi connectivity index (χ4n) is 4.29. The Morgan fingerprint density at radius 2 is 1.82 bits per heavy atom. The van der Waals surface area contributed by atoms with Crippen molar-refractivity contribution in [1.82, 2.24) is 4.57 Å². The van der Waals surface area contributed by atoms with Crippen LogP contribution in [0.4, 0.5) is 0 Å². The second kappa shape index (κ2) is 11.8. The molecule has 0 saturated heterocycles. The molecule has 2 aromatic carbocycles. The number of hydrogen-bond acceptors (Lipinski definition) is 7. The lowest BCUT2D eigenvalue weighted by atomic mass is 9.95. The molecule has 38 heavy (non-hydrogen) atoms. The summed E-state index contributed by atoms with van der Waals surface area (Å²) in [6.45, 7) is 12.3. The van der Waals surface area contributed by atoms with Gasteiger partial charge in [0.2, 0.25) is 0 Å². The first-order chi connectivity index (χ1) is 18.3. The maximum absolute atomic E-state index is 13.8. The summed E-state index contributed by atoms with van der Waals surface area (Å²) in [5, 5.41) is 0. The van der Waals surface area contributed by atoms with Gasteiger partial charge in [0.05, 0.1) is 41.2 Å². The van der Waals surface area contributed by atoms with Gasteiger partial charge >= 0.3 is 5.97 Å². The normalized spacial score (nSPS) is 16.1. The summed E-state index contributed by atoms with van der Waals surface area (Å²) in [4.78, 5) is 32.0. The van der Waals surface area contributed by atoms with Gasteiger partial charge in [0.1, 0.15) is 0 Å². The number of carbonyl (C=O) groups excluding carboxylic acids is 1. The molecule has 2 atom stereocenters. The summed E-state index contributed by atoms with van der Waals surface area (Å²) in [7, 11) is 0. The minimum absolute atomic E-state index is 0.0577. The van der Waals surface area contributed by atoms with Gasteiger partial charge in [0, 0.05) is 0 Å². The van der Waals surface area contributed by atoms with E-state index < -0.39 is 12.0 Å². The van der Waals surface area contributed by atoms with E-state index in [-0.39, 0.29) is 18.3 Å². The molecule has 0 spiro atoms. The third-order valence-corrected chi connectivity index (χ3v) is 7.36. The Bertz CT molecular complexity index is 1530. The zero-order valence-corrected chi connectivity index (χ0v) is 23.6. The molecule has 3 aromatic rings. The number of aromatic nitrogens is 1. The molecule has 4 rings (SSSR count). The monoisotopic (exact) mass is 534 g/mol. The van der Waals surface area contributed by atoms with Crippen molar-refractivity contribution in [3.05, 3.63) is 90.1 Å². The van der Waals surface area contributed by atoms with Crippen molar-refractivity contribution in [2.75, 3.05) is 13.2 Å². The highest BCUT2D eigenvalue weighted by Gasteiger charge is 2.33. The van der Waals surface area contributed by atoms with Crippen LogP contribution in [0, 0.1) is 6.92 Å². The molecule has 0 radical (unpaired) electrons. The van der Waals surface area contributed by atoms with Crippen molar-refractivity contribution < 1.29 is 19.0 Å². The van der Waals surface area contributed by atoms with E-state index in [0.29, 0.717) is 38.7 Å². The standard InChI is InChI=1S/C30H34N2O5S/c1-7-19(5)37-23-15-12-21(16-24(23)35-8-2)17-25-28(33)32-27(22-13-10-18(4)11-14-22)26(29(34)36-9-3)20(6)31-30(32)38-25/h10-17,19,27H,7-9H2,1-6H3/b25-17+/t19-,27-/m1/s1. The molecule has 0 unspecified atom stereocenters. The first-order valence-corrected chi connectivity index (χ1v) is 13.8. The summed E-state index contributed by atoms with van der Waals surface area (Å²) in [6.07, 6.45) is 2.76. The lowest BCUT2D eigenvalue weighted by molar-refractivity contribution is -0.139. The van der Waals surface area contributed by atoms with Crippen LogP contribution in [0.25, 0.3) is 6.08 Å².